The molecule has 0 bridgehead atoms. The fourth-order valence-electron chi connectivity index (χ4n) is 2.31. The molecule has 6 nitrogen and oxygen atoms in total. The lowest BCUT2D eigenvalue weighted by Gasteiger charge is -2.07. The molecule has 0 aliphatic rings. The normalized spacial score (nSPS) is 9.92. The van der Waals surface area contributed by atoms with Crippen LogP contribution in [0, 0.1) is 22.7 Å². The topological polar surface area (TPSA) is 102 Å². The Bertz CT molecular complexity index is 992. The van der Waals surface area contributed by atoms with Crippen molar-refractivity contribution in [3.8, 4) is 12.1 Å². The highest BCUT2D eigenvalue weighted by molar-refractivity contribution is 6.03. The number of nitriles is 2. The fraction of sp³-hybridized carbons (Fsp3) is 0.0556. The van der Waals surface area contributed by atoms with E-state index in [9.17, 15) is 4.79 Å². The number of hydrogen-bond donors (Lipinski definition) is 2. The fourth-order valence-corrected chi connectivity index (χ4v) is 2.31. The Hall–Kier alpha value is -3.77. The molecule has 1 heterocycles. The summed E-state index contributed by atoms with van der Waals surface area (Å²) in [5.41, 5.74) is 2.08. The number of rotatable bonds is 4. The van der Waals surface area contributed by atoms with Crippen molar-refractivity contribution in [3.63, 3.8) is 0 Å². The van der Waals surface area contributed by atoms with Crippen LogP contribution in [-0.2, 0) is 4.79 Å². The molecule has 3 rings (SSSR count). The maximum Gasteiger partial charge on any atom is 0.243 e. The second-order valence-electron chi connectivity index (χ2n) is 5.01. The highest BCUT2D eigenvalue weighted by Crippen LogP contribution is 2.30. The molecule has 3 aromatic rings. The van der Waals surface area contributed by atoms with Crippen LogP contribution in [0.4, 0.5) is 11.4 Å². The molecule has 2 N–H and O–H groups in total. The zero-order valence-electron chi connectivity index (χ0n) is 12.5. The number of carbonyl (C=O) groups is 1. The van der Waals surface area contributed by atoms with Crippen LogP contribution in [0.5, 0.6) is 0 Å². The molecule has 0 radical (unpaired) electrons. The average Bonchev–Trinajstić information content (AvgIpc) is 2.98. The van der Waals surface area contributed by atoms with Crippen LogP contribution in [-0.4, -0.2) is 12.5 Å². The molecule has 0 saturated heterocycles. The maximum absolute atomic E-state index is 12.2. The standard InChI is InChI=1S/C18H12N4O2/c19-9-12-4-3-5-13(8-12)21-11-17(23)22-18-14-6-1-2-7-15(14)24-16(18)10-20/h1-8,21H,11H2,(H,22,23). The van der Waals surface area contributed by atoms with E-state index in [-0.39, 0.29) is 18.2 Å². The van der Waals surface area contributed by atoms with Gasteiger partial charge >= 0.3 is 0 Å². The van der Waals surface area contributed by atoms with Gasteiger partial charge in [0.05, 0.1) is 18.2 Å². The quantitative estimate of drug-likeness (QED) is 0.769. The van der Waals surface area contributed by atoms with Gasteiger partial charge in [0.1, 0.15) is 17.3 Å². The third-order valence-corrected chi connectivity index (χ3v) is 3.41. The van der Waals surface area contributed by atoms with Gasteiger partial charge in [-0.15, -0.1) is 0 Å². The van der Waals surface area contributed by atoms with E-state index >= 15 is 0 Å². The summed E-state index contributed by atoms with van der Waals surface area (Å²) in [7, 11) is 0. The van der Waals surface area contributed by atoms with Gasteiger partial charge < -0.3 is 15.1 Å². The number of para-hydroxylation sites is 1. The summed E-state index contributed by atoms with van der Waals surface area (Å²) in [5.74, 6) is -0.253. The minimum atomic E-state index is -0.319. The van der Waals surface area contributed by atoms with E-state index in [1.165, 1.54) is 0 Å². The molecule has 0 saturated carbocycles. The van der Waals surface area contributed by atoms with Gasteiger partial charge in [0.15, 0.2) is 0 Å². The Balaban J connectivity index is 1.74. The van der Waals surface area contributed by atoms with Crippen LogP contribution in [0.25, 0.3) is 11.0 Å². The van der Waals surface area contributed by atoms with Crippen LogP contribution in [0.1, 0.15) is 11.3 Å². The van der Waals surface area contributed by atoms with Crippen LogP contribution < -0.4 is 10.6 Å². The predicted molar refractivity (Wildman–Crippen MR) is 89.2 cm³/mol. The third kappa shape index (κ3) is 3.03. The summed E-state index contributed by atoms with van der Waals surface area (Å²) in [6.07, 6.45) is 0. The summed E-state index contributed by atoms with van der Waals surface area (Å²) < 4.78 is 5.41. The number of furan rings is 1. The van der Waals surface area contributed by atoms with Gasteiger partial charge in [-0.25, -0.2) is 0 Å². The molecule has 0 aliphatic carbocycles. The van der Waals surface area contributed by atoms with Crippen molar-refractivity contribution < 1.29 is 9.21 Å². The van der Waals surface area contributed by atoms with Crippen molar-refractivity contribution in [1.82, 2.24) is 0 Å². The summed E-state index contributed by atoms with van der Waals surface area (Å²) in [6.45, 7) is -0.000737. The van der Waals surface area contributed by atoms with Gasteiger partial charge in [0.25, 0.3) is 0 Å². The smallest absolute Gasteiger partial charge is 0.243 e. The molecule has 0 spiro atoms. The molecular weight excluding hydrogens is 304 g/mol. The van der Waals surface area contributed by atoms with Crippen LogP contribution >= 0.6 is 0 Å². The van der Waals surface area contributed by atoms with Gasteiger partial charge in [0, 0.05) is 11.1 Å². The molecule has 0 aliphatic heterocycles. The molecule has 1 aromatic heterocycles. The van der Waals surface area contributed by atoms with E-state index in [1.807, 2.05) is 12.1 Å². The molecule has 1 amide bonds. The molecule has 116 valence electrons. The summed E-state index contributed by atoms with van der Waals surface area (Å²) in [6, 6.07) is 17.9. The Labute approximate surface area is 137 Å². The first kappa shape index (κ1) is 15.1. The summed E-state index contributed by atoms with van der Waals surface area (Å²) in [4.78, 5) is 12.2. The monoisotopic (exact) mass is 316 g/mol. The minimum Gasteiger partial charge on any atom is -0.443 e. The van der Waals surface area contributed by atoms with Gasteiger partial charge in [0.2, 0.25) is 11.7 Å². The molecule has 6 heteroatoms. The first-order valence-corrected chi connectivity index (χ1v) is 7.17. The van der Waals surface area contributed by atoms with E-state index in [0.717, 1.165) is 0 Å². The molecule has 0 atom stereocenters. The lowest BCUT2D eigenvalue weighted by atomic mass is 10.2. The van der Waals surface area contributed by atoms with Gasteiger partial charge in [-0.05, 0) is 30.3 Å². The van der Waals surface area contributed by atoms with Crippen LogP contribution in [0.15, 0.2) is 52.9 Å². The summed E-state index contributed by atoms with van der Waals surface area (Å²) >= 11 is 0. The Morgan fingerprint density at radius 3 is 2.71 bits per heavy atom. The van der Waals surface area contributed by atoms with Gasteiger partial charge in [-0.2, -0.15) is 10.5 Å². The van der Waals surface area contributed by atoms with Crippen LogP contribution in [0.3, 0.4) is 0 Å². The van der Waals surface area contributed by atoms with E-state index in [4.69, 9.17) is 14.9 Å². The average molecular weight is 316 g/mol. The van der Waals surface area contributed by atoms with Gasteiger partial charge in [-0.3, -0.25) is 4.79 Å². The lowest BCUT2D eigenvalue weighted by molar-refractivity contribution is -0.114. The van der Waals surface area contributed by atoms with Gasteiger partial charge in [-0.1, -0.05) is 18.2 Å². The summed E-state index contributed by atoms with van der Waals surface area (Å²) in [5, 5.41) is 24.3. The number of benzene rings is 2. The van der Waals surface area contributed by atoms with Crippen molar-refractivity contribution in [3.05, 3.63) is 59.9 Å². The first-order valence-electron chi connectivity index (χ1n) is 7.17. The maximum atomic E-state index is 12.2. The van der Waals surface area contributed by atoms with Crippen molar-refractivity contribution in [2.75, 3.05) is 17.2 Å². The zero-order chi connectivity index (χ0) is 16.9. The van der Waals surface area contributed by atoms with Crippen molar-refractivity contribution >= 4 is 28.3 Å². The second-order valence-corrected chi connectivity index (χ2v) is 5.01. The minimum absolute atomic E-state index is 0.000737. The number of nitrogens with one attached hydrogen (secondary N) is 2. The predicted octanol–water partition coefficient (Wildman–Crippen LogP) is 3.23. The van der Waals surface area contributed by atoms with Crippen molar-refractivity contribution in [2.45, 2.75) is 0 Å². The second kappa shape index (κ2) is 6.55. The van der Waals surface area contributed by atoms with E-state index < -0.39 is 0 Å². The highest BCUT2D eigenvalue weighted by atomic mass is 16.3. The number of fused-ring (bicyclic) bond motifs is 1. The van der Waals surface area contributed by atoms with E-state index in [1.54, 1.807) is 48.5 Å². The SMILES string of the molecule is N#Cc1cccc(NCC(=O)Nc2c(C#N)oc3ccccc23)c1. The Kier molecular flexibility index (Phi) is 4.13. The first-order chi connectivity index (χ1) is 11.7. The number of nitrogens with zero attached hydrogens (tertiary/aromatic N) is 2. The highest BCUT2D eigenvalue weighted by Gasteiger charge is 2.15. The Morgan fingerprint density at radius 2 is 1.92 bits per heavy atom. The van der Waals surface area contributed by atoms with E-state index in [2.05, 4.69) is 10.6 Å². The van der Waals surface area contributed by atoms with E-state index in [0.29, 0.717) is 27.9 Å². The molecular formula is C18H12N4O2. The molecule has 0 fully saturated rings. The molecule has 24 heavy (non-hydrogen) atoms. The largest absolute Gasteiger partial charge is 0.443 e. The zero-order valence-corrected chi connectivity index (χ0v) is 12.5. The van der Waals surface area contributed by atoms with Crippen LogP contribution in [0.2, 0.25) is 0 Å². The van der Waals surface area contributed by atoms with Crippen molar-refractivity contribution in [1.29, 1.82) is 10.5 Å². The number of amides is 1. The number of hydrogen-bond acceptors (Lipinski definition) is 5. The number of anilines is 2. The Morgan fingerprint density at radius 1 is 1.08 bits per heavy atom. The van der Waals surface area contributed by atoms with Crippen molar-refractivity contribution in [2.24, 2.45) is 0 Å². The molecule has 0 unspecified atom stereocenters. The number of carbonyl (C=O) groups excluding carboxylic acids is 1. The lowest BCUT2D eigenvalue weighted by Crippen LogP contribution is -2.22. The third-order valence-electron chi connectivity index (χ3n) is 3.41. The molecule has 2 aromatic carbocycles.